The number of hydrogen-bond acceptors (Lipinski definition) is 5. The molecule has 1 aromatic carbocycles. The first-order valence-corrected chi connectivity index (χ1v) is 12.7. The van der Waals surface area contributed by atoms with Crippen molar-refractivity contribution in [1.29, 1.82) is 0 Å². The molecule has 6 nitrogen and oxygen atoms in total. The number of carbonyl (C=O) groups is 1. The van der Waals surface area contributed by atoms with E-state index >= 15 is 0 Å². The van der Waals surface area contributed by atoms with Gasteiger partial charge in [0.15, 0.2) is 11.5 Å². The van der Waals surface area contributed by atoms with Crippen molar-refractivity contribution in [1.82, 2.24) is 10.2 Å². The molecule has 5 rings (SSSR count). The zero-order chi connectivity index (χ0) is 21.8. The number of hydrogen-bond donors (Lipinski definition) is 1. The van der Waals surface area contributed by atoms with Crippen molar-refractivity contribution in [2.24, 2.45) is 11.8 Å². The molecule has 2 aliphatic heterocycles. The van der Waals surface area contributed by atoms with E-state index in [1.807, 2.05) is 6.07 Å². The molecule has 1 aromatic rings. The molecule has 1 amide bonds. The molecule has 176 valence electrons. The number of rotatable bonds is 9. The van der Waals surface area contributed by atoms with Gasteiger partial charge in [-0.1, -0.05) is 25.3 Å². The highest BCUT2D eigenvalue weighted by Gasteiger charge is 2.36. The molecule has 32 heavy (non-hydrogen) atoms. The molecule has 2 saturated carbocycles. The molecular formula is C26H38N2O4. The van der Waals surface area contributed by atoms with Gasteiger partial charge in [-0.15, -0.1) is 0 Å². The minimum Gasteiger partial charge on any atom is -0.486 e. The molecule has 3 fully saturated rings. The number of nitrogens with zero attached hydrogens (tertiary/aromatic N) is 1. The molecule has 0 spiro atoms. The topological polar surface area (TPSA) is 60.0 Å². The second-order valence-corrected chi connectivity index (χ2v) is 10.2. The first kappa shape index (κ1) is 22.0. The average molecular weight is 443 g/mol. The Morgan fingerprint density at radius 2 is 1.84 bits per heavy atom. The number of likely N-dealkylation sites (tertiary alicyclic amines) is 1. The molecule has 1 saturated heterocycles. The Morgan fingerprint density at radius 3 is 2.66 bits per heavy atom. The van der Waals surface area contributed by atoms with Crippen molar-refractivity contribution in [2.75, 3.05) is 39.5 Å². The summed E-state index contributed by atoms with van der Waals surface area (Å²) in [5.74, 6) is 3.45. The third-order valence-corrected chi connectivity index (χ3v) is 7.53. The Balaban J connectivity index is 1.19. The highest BCUT2D eigenvalue weighted by molar-refractivity contribution is 5.77. The maximum absolute atomic E-state index is 12.8. The van der Waals surface area contributed by atoms with Crippen molar-refractivity contribution in [3.63, 3.8) is 0 Å². The largest absolute Gasteiger partial charge is 0.486 e. The van der Waals surface area contributed by atoms with Crippen LogP contribution < -0.4 is 14.8 Å². The lowest BCUT2D eigenvalue weighted by molar-refractivity contribution is -0.129. The summed E-state index contributed by atoms with van der Waals surface area (Å²) in [5, 5.41) is 3.29. The van der Waals surface area contributed by atoms with Gasteiger partial charge in [-0.3, -0.25) is 4.79 Å². The van der Waals surface area contributed by atoms with Crippen molar-refractivity contribution >= 4 is 5.91 Å². The minimum atomic E-state index is 0.0102. The van der Waals surface area contributed by atoms with Crippen LogP contribution in [0.15, 0.2) is 18.2 Å². The van der Waals surface area contributed by atoms with Crippen LogP contribution in [0.25, 0.3) is 0 Å². The summed E-state index contributed by atoms with van der Waals surface area (Å²) in [4.78, 5) is 15.3. The van der Waals surface area contributed by atoms with Gasteiger partial charge in [0.05, 0.1) is 6.10 Å². The van der Waals surface area contributed by atoms with Gasteiger partial charge in [-0.25, -0.2) is 0 Å². The Hall–Kier alpha value is -1.79. The van der Waals surface area contributed by atoms with E-state index in [0.717, 1.165) is 55.7 Å². The van der Waals surface area contributed by atoms with Crippen LogP contribution in [0.4, 0.5) is 0 Å². The van der Waals surface area contributed by atoms with Crippen LogP contribution in [0.3, 0.4) is 0 Å². The van der Waals surface area contributed by atoms with Gasteiger partial charge in [-0.05, 0) is 74.6 Å². The maximum atomic E-state index is 12.8. The van der Waals surface area contributed by atoms with E-state index in [1.165, 1.54) is 50.6 Å². The smallest absolute Gasteiger partial charge is 0.246 e. The van der Waals surface area contributed by atoms with E-state index in [2.05, 4.69) is 22.3 Å². The molecule has 0 radical (unpaired) electrons. The fraction of sp³-hybridized carbons (Fsp3) is 0.731. The van der Waals surface area contributed by atoms with E-state index in [1.54, 1.807) is 0 Å². The molecule has 2 aliphatic carbocycles. The molecule has 0 aromatic heterocycles. The fourth-order valence-corrected chi connectivity index (χ4v) is 5.65. The van der Waals surface area contributed by atoms with Crippen molar-refractivity contribution < 1.29 is 19.0 Å². The predicted octanol–water partition coefficient (Wildman–Crippen LogP) is 3.57. The normalized spacial score (nSPS) is 24.9. The van der Waals surface area contributed by atoms with E-state index in [0.29, 0.717) is 13.2 Å². The number of nitrogens with one attached hydrogen (secondary N) is 1. The van der Waals surface area contributed by atoms with E-state index in [9.17, 15) is 4.79 Å². The van der Waals surface area contributed by atoms with Crippen LogP contribution in [-0.4, -0.2) is 62.4 Å². The van der Waals surface area contributed by atoms with E-state index in [-0.39, 0.29) is 24.7 Å². The van der Waals surface area contributed by atoms with Crippen LogP contribution in [0.5, 0.6) is 11.5 Å². The number of benzene rings is 1. The lowest BCUT2D eigenvalue weighted by atomic mass is 9.98. The molecule has 4 aliphatic rings. The molecular weight excluding hydrogens is 404 g/mol. The summed E-state index contributed by atoms with van der Waals surface area (Å²) >= 11 is 0. The molecule has 0 bridgehead atoms. The molecule has 1 N–H and O–H groups in total. The van der Waals surface area contributed by atoms with Crippen LogP contribution in [0, 0.1) is 11.8 Å². The first-order chi connectivity index (χ1) is 15.7. The molecule has 2 unspecified atom stereocenters. The summed E-state index contributed by atoms with van der Waals surface area (Å²) < 4.78 is 17.4. The summed E-state index contributed by atoms with van der Waals surface area (Å²) in [6, 6.07) is 6.23. The molecule has 2 atom stereocenters. The zero-order valence-electron chi connectivity index (χ0n) is 19.2. The maximum Gasteiger partial charge on any atom is 0.246 e. The van der Waals surface area contributed by atoms with Crippen LogP contribution in [-0.2, 0) is 16.0 Å². The number of carbonyl (C=O) groups excluding carboxylic acids is 1. The van der Waals surface area contributed by atoms with E-state index in [4.69, 9.17) is 14.2 Å². The lowest BCUT2D eigenvalue weighted by Gasteiger charge is -2.27. The Labute approximate surface area is 192 Å². The van der Waals surface area contributed by atoms with Crippen molar-refractivity contribution in [3.8, 4) is 11.5 Å². The second-order valence-electron chi connectivity index (χ2n) is 10.2. The minimum absolute atomic E-state index is 0.0102. The van der Waals surface area contributed by atoms with E-state index < -0.39 is 0 Å². The fourth-order valence-electron chi connectivity index (χ4n) is 5.65. The van der Waals surface area contributed by atoms with Gasteiger partial charge >= 0.3 is 0 Å². The predicted molar refractivity (Wildman–Crippen MR) is 123 cm³/mol. The highest BCUT2D eigenvalue weighted by atomic mass is 16.6. The Kier molecular flexibility index (Phi) is 7.18. The number of amides is 1. The van der Waals surface area contributed by atoms with Gasteiger partial charge < -0.3 is 24.4 Å². The zero-order valence-corrected chi connectivity index (χ0v) is 19.2. The summed E-state index contributed by atoms with van der Waals surface area (Å²) in [5.41, 5.74) is 1.17. The lowest BCUT2D eigenvalue weighted by Crippen LogP contribution is -2.46. The Bertz CT molecular complexity index is 775. The van der Waals surface area contributed by atoms with Gasteiger partial charge in [0.2, 0.25) is 5.91 Å². The van der Waals surface area contributed by atoms with Gasteiger partial charge in [0, 0.05) is 19.1 Å². The molecule has 6 heteroatoms. The SMILES string of the molecule is O=C(COC1CCCCC1)NC(Cc1ccc2c(c1)OCCO2)CN1CCC(C2CC2)C1. The standard InChI is InChI=1S/C26H38N2O4/c29-26(18-32-23-4-2-1-3-5-23)27-22(17-28-11-10-21(16-28)20-7-8-20)14-19-6-9-24-25(15-19)31-13-12-30-24/h6,9,15,20-23H,1-5,7-8,10-14,16-18H2,(H,27,29). The number of ether oxygens (including phenoxy) is 3. The first-order valence-electron chi connectivity index (χ1n) is 12.7. The van der Waals surface area contributed by atoms with Crippen molar-refractivity contribution in [3.05, 3.63) is 23.8 Å². The number of fused-ring (bicyclic) bond motifs is 1. The Morgan fingerprint density at radius 1 is 1.03 bits per heavy atom. The second kappa shape index (κ2) is 10.4. The van der Waals surface area contributed by atoms with Gasteiger partial charge in [0.25, 0.3) is 0 Å². The van der Waals surface area contributed by atoms with Crippen LogP contribution >= 0.6 is 0 Å². The van der Waals surface area contributed by atoms with Crippen LogP contribution in [0.2, 0.25) is 0 Å². The average Bonchev–Trinajstić information content (AvgIpc) is 3.57. The van der Waals surface area contributed by atoms with Crippen LogP contribution in [0.1, 0.15) is 56.9 Å². The molecule has 2 heterocycles. The van der Waals surface area contributed by atoms with Gasteiger partial charge in [0.1, 0.15) is 19.8 Å². The summed E-state index contributed by atoms with van der Waals surface area (Å²) in [7, 11) is 0. The quantitative estimate of drug-likeness (QED) is 0.634. The van der Waals surface area contributed by atoms with Gasteiger partial charge in [-0.2, -0.15) is 0 Å². The highest BCUT2D eigenvalue weighted by Crippen LogP contribution is 2.41. The summed E-state index contributed by atoms with van der Waals surface area (Å²) in [6.07, 6.45) is 11.1. The summed E-state index contributed by atoms with van der Waals surface area (Å²) in [6.45, 7) is 4.58. The van der Waals surface area contributed by atoms with Crippen molar-refractivity contribution in [2.45, 2.75) is 69.9 Å². The third-order valence-electron chi connectivity index (χ3n) is 7.53. The third kappa shape index (κ3) is 5.96. The monoisotopic (exact) mass is 442 g/mol.